The third-order valence-electron chi connectivity index (χ3n) is 3.20. The van der Waals surface area contributed by atoms with E-state index in [1.54, 1.807) is 18.0 Å². The van der Waals surface area contributed by atoms with Crippen LogP contribution in [-0.2, 0) is 0 Å². The number of carbonyl (C=O) groups is 2. The molecule has 0 fully saturated rings. The normalized spacial score (nSPS) is 10.8. The van der Waals surface area contributed by atoms with Gasteiger partial charge in [0.1, 0.15) is 0 Å². The average Bonchev–Trinajstić information content (AvgIpc) is 2.35. The van der Waals surface area contributed by atoms with Gasteiger partial charge in [-0.3, -0.25) is 9.59 Å². The van der Waals surface area contributed by atoms with Gasteiger partial charge in [-0.2, -0.15) is 0 Å². The maximum atomic E-state index is 12.3. The standard InChI is InChI=1S/C15H21NO2/c1-10(2)12-6-7-13(9-17)14(8-12)15(18)16(5)11(3)4/h6-11H,1-5H3. The third kappa shape index (κ3) is 2.97. The summed E-state index contributed by atoms with van der Waals surface area (Å²) in [7, 11) is 1.75. The average molecular weight is 247 g/mol. The fourth-order valence-corrected chi connectivity index (χ4v) is 1.65. The van der Waals surface area contributed by atoms with Crippen molar-refractivity contribution in [2.24, 2.45) is 0 Å². The topological polar surface area (TPSA) is 37.4 Å². The third-order valence-corrected chi connectivity index (χ3v) is 3.20. The van der Waals surface area contributed by atoms with Crippen molar-refractivity contribution in [3.05, 3.63) is 34.9 Å². The molecule has 0 spiro atoms. The molecule has 98 valence electrons. The molecule has 0 radical (unpaired) electrons. The van der Waals surface area contributed by atoms with Crippen molar-refractivity contribution >= 4 is 12.2 Å². The van der Waals surface area contributed by atoms with Crippen molar-refractivity contribution in [1.29, 1.82) is 0 Å². The van der Waals surface area contributed by atoms with Crippen LogP contribution in [-0.4, -0.2) is 30.2 Å². The molecule has 18 heavy (non-hydrogen) atoms. The molecule has 1 amide bonds. The molecule has 0 aliphatic heterocycles. The Kier molecular flexibility index (Phi) is 4.65. The van der Waals surface area contributed by atoms with Gasteiger partial charge in [0.15, 0.2) is 6.29 Å². The van der Waals surface area contributed by atoms with Crippen LogP contribution in [0.3, 0.4) is 0 Å². The molecular weight excluding hydrogens is 226 g/mol. The van der Waals surface area contributed by atoms with Gasteiger partial charge in [0, 0.05) is 18.7 Å². The minimum absolute atomic E-state index is 0.102. The van der Waals surface area contributed by atoms with Crippen molar-refractivity contribution in [2.75, 3.05) is 7.05 Å². The highest BCUT2D eigenvalue weighted by Gasteiger charge is 2.18. The summed E-state index contributed by atoms with van der Waals surface area (Å²) in [5, 5.41) is 0. The Balaban J connectivity index is 3.23. The first kappa shape index (κ1) is 14.4. The van der Waals surface area contributed by atoms with E-state index < -0.39 is 0 Å². The summed E-state index contributed by atoms with van der Waals surface area (Å²) in [6.07, 6.45) is 0.742. The molecule has 3 heteroatoms. The number of nitrogens with zero attached hydrogens (tertiary/aromatic N) is 1. The molecule has 0 unspecified atom stereocenters. The largest absolute Gasteiger partial charge is 0.339 e. The molecule has 0 aliphatic rings. The molecule has 0 heterocycles. The second kappa shape index (κ2) is 5.80. The molecule has 1 aromatic carbocycles. The van der Waals surface area contributed by atoms with E-state index in [1.165, 1.54) is 0 Å². The summed E-state index contributed by atoms with van der Waals surface area (Å²) in [5.41, 5.74) is 2.02. The van der Waals surface area contributed by atoms with Gasteiger partial charge in [-0.25, -0.2) is 0 Å². The van der Waals surface area contributed by atoms with Gasteiger partial charge in [0.2, 0.25) is 0 Å². The van der Waals surface area contributed by atoms with Crippen molar-refractivity contribution in [3.8, 4) is 0 Å². The van der Waals surface area contributed by atoms with Crippen LogP contribution in [0.1, 0.15) is 59.9 Å². The summed E-state index contributed by atoms with van der Waals surface area (Å²) in [6, 6.07) is 5.57. The zero-order valence-electron chi connectivity index (χ0n) is 11.7. The van der Waals surface area contributed by atoms with Gasteiger partial charge in [0.05, 0.1) is 5.56 Å². The summed E-state index contributed by atoms with van der Waals surface area (Å²) >= 11 is 0. The van der Waals surface area contributed by atoms with Gasteiger partial charge in [-0.15, -0.1) is 0 Å². The van der Waals surface area contributed by atoms with Gasteiger partial charge >= 0.3 is 0 Å². The smallest absolute Gasteiger partial charge is 0.254 e. The number of rotatable bonds is 4. The minimum atomic E-state index is -0.102. The van der Waals surface area contributed by atoms with E-state index in [9.17, 15) is 9.59 Å². The Labute approximate surface area is 109 Å². The summed E-state index contributed by atoms with van der Waals surface area (Å²) in [4.78, 5) is 25.0. The van der Waals surface area contributed by atoms with Crippen LogP contribution in [0.2, 0.25) is 0 Å². The van der Waals surface area contributed by atoms with Crippen LogP contribution < -0.4 is 0 Å². The molecule has 3 nitrogen and oxygen atoms in total. The first-order valence-electron chi connectivity index (χ1n) is 6.24. The number of benzene rings is 1. The number of hydrogen-bond donors (Lipinski definition) is 0. The van der Waals surface area contributed by atoms with E-state index in [1.807, 2.05) is 26.0 Å². The SMILES string of the molecule is CC(C)c1ccc(C=O)c(C(=O)N(C)C(C)C)c1. The lowest BCUT2D eigenvalue weighted by Crippen LogP contribution is -2.33. The summed E-state index contributed by atoms with van der Waals surface area (Å²) in [6.45, 7) is 8.03. The first-order chi connectivity index (χ1) is 8.38. The lowest BCUT2D eigenvalue weighted by Gasteiger charge is -2.22. The maximum Gasteiger partial charge on any atom is 0.254 e. The Morgan fingerprint density at radius 3 is 2.28 bits per heavy atom. The highest BCUT2D eigenvalue weighted by Crippen LogP contribution is 2.19. The predicted octanol–water partition coefficient (Wildman–Crippen LogP) is 3.10. The van der Waals surface area contributed by atoms with Crippen LogP contribution in [0.4, 0.5) is 0 Å². The first-order valence-corrected chi connectivity index (χ1v) is 6.24. The maximum absolute atomic E-state index is 12.3. The number of carbonyl (C=O) groups excluding carboxylic acids is 2. The van der Waals surface area contributed by atoms with E-state index in [-0.39, 0.29) is 11.9 Å². The van der Waals surface area contributed by atoms with Crippen molar-refractivity contribution in [1.82, 2.24) is 4.90 Å². The molecule has 0 saturated carbocycles. The number of hydrogen-bond acceptors (Lipinski definition) is 2. The van der Waals surface area contributed by atoms with E-state index >= 15 is 0 Å². The molecule has 0 N–H and O–H groups in total. The lowest BCUT2D eigenvalue weighted by atomic mass is 9.97. The van der Waals surface area contributed by atoms with E-state index in [4.69, 9.17) is 0 Å². The van der Waals surface area contributed by atoms with Gasteiger partial charge in [-0.1, -0.05) is 26.0 Å². The van der Waals surface area contributed by atoms with Crippen molar-refractivity contribution in [2.45, 2.75) is 39.7 Å². The fourth-order valence-electron chi connectivity index (χ4n) is 1.65. The van der Waals surface area contributed by atoms with Crippen molar-refractivity contribution < 1.29 is 9.59 Å². The molecule has 0 aromatic heterocycles. The van der Waals surface area contributed by atoms with Crippen LogP contribution >= 0.6 is 0 Å². The zero-order valence-corrected chi connectivity index (χ0v) is 11.7. The highest BCUT2D eigenvalue weighted by molar-refractivity contribution is 6.01. The minimum Gasteiger partial charge on any atom is -0.339 e. The summed E-state index contributed by atoms with van der Waals surface area (Å²) in [5.74, 6) is 0.233. The van der Waals surface area contributed by atoms with Crippen LogP contribution in [0.5, 0.6) is 0 Å². The number of amides is 1. The second-order valence-electron chi connectivity index (χ2n) is 5.13. The van der Waals surface area contributed by atoms with Gasteiger partial charge in [0.25, 0.3) is 5.91 Å². The molecule has 0 saturated heterocycles. The van der Waals surface area contributed by atoms with E-state index in [2.05, 4.69) is 13.8 Å². The Morgan fingerprint density at radius 2 is 1.83 bits per heavy atom. The van der Waals surface area contributed by atoms with Gasteiger partial charge < -0.3 is 4.90 Å². The van der Waals surface area contributed by atoms with Crippen LogP contribution in [0, 0.1) is 0 Å². The quantitative estimate of drug-likeness (QED) is 0.767. The Hall–Kier alpha value is -1.64. The monoisotopic (exact) mass is 247 g/mol. The molecule has 0 bridgehead atoms. The predicted molar refractivity (Wildman–Crippen MR) is 73.1 cm³/mol. The fraction of sp³-hybridized carbons (Fsp3) is 0.467. The highest BCUT2D eigenvalue weighted by atomic mass is 16.2. The lowest BCUT2D eigenvalue weighted by molar-refractivity contribution is 0.0752. The Morgan fingerprint density at radius 1 is 1.22 bits per heavy atom. The van der Waals surface area contributed by atoms with E-state index in [0.29, 0.717) is 17.0 Å². The molecule has 0 atom stereocenters. The van der Waals surface area contributed by atoms with Gasteiger partial charge in [-0.05, 0) is 31.4 Å². The second-order valence-corrected chi connectivity index (χ2v) is 5.13. The zero-order chi connectivity index (χ0) is 13.9. The molecule has 1 rings (SSSR count). The van der Waals surface area contributed by atoms with Crippen LogP contribution in [0.15, 0.2) is 18.2 Å². The van der Waals surface area contributed by atoms with Crippen LogP contribution in [0.25, 0.3) is 0 Å². The van der Waals surface area contributed by atoms with E-state index in [0.717, 1.165) is 11.8 Å². The summed E-state index contributed by atoms with van der Waals surface area (Å²) < 4.78 is 0. The molecule has 1 aromatic rings. The molecular formula is C15H21NO2. The number of aldehydes is 1. The molecule has 0 aliphatic carbocycles. The van der Waals surface area contributed by atoms with Crippen molar-refractivity contribution in [3.63, 3.8) is 0 Å². The Bertz CT molecular complexity index is 450.